The Hall–Kier alpha value is -2.62. The molecule has 1 aliphatic heterocycles. The van der Waals surface area contributed by atoms with Crippen LogP contribution in [0.3, 0.4) is 0 Å². The number of piperidine rings is 1. The van der Waals surface area contributed by atoms with Crippen molar-refractivity contribution in [3.63, 3.8) is 0 Å². The molecule has 0 radical (unpaired) electrons. The predicted molar refractivity (Wildman–Crippen MR) is 96.3 cm³/mol. The van der Waals surface area contributed by atoms with Gasteiger partial charge in [0.2, 0.25) is 15.0 Å². The van der Waals surface area contributed by atoms with E-state index in [0.717, 1.165) is 0 Å². The van der Waals surface area contributed by atoms with E-state index in [2.05, 4.69) is 10.2 Å². The number of carbonyl (C=O) groups excluding carboxylic acids is 1. The second kappa shape index (κ2) is 7.95. The average molecular weight is 394 g/mol. The van der Waals surface area contributed by atoms with Gasteiger partial charge in [0.05, 0.1) is 12.4 Å². The summed E-state index contributed by atoms with van der Waals surface area (Å²) in [7, 11) is -0.427. The van der Waals surface area contributed by atoms with Gasteiger partial charge >= 0.3 is 0 Å². The number of likely N-dealkylation sites (tertiary alicyclic amines) is 1. The Bertz CT molecular complexity index is 904. The fourth-order valence-electron chi connectivity index (χ4n) is 3.06. The van der Waals surface area contributed by atoms with Crippen molar-refractivity contribution < 1.29 is 22.7 Å². The highest BCUT2D eigenvalue weighted by Crippen LogP contribution is 2.26. The molecule has 0 N–H and O–H groups in total. The molecule has 2 heterocycles. The van der Waals surface area contributed by atoms with Gasteiger partial charge in [-0.05, 0) is 25.0 Å². The predicted octanol–water partition coefficient (Wildman–Crippen LogP) is 0.667. The molecule has 0 atom stereocenters. The zero-order valence-corrected chi connectivity index (χ0v) is 16.1. The van der Waals surface area contributed by atoms with E-state index in [1.54, 1.807) is 30.1 Å². The van der Waals surface area contributed by atoms with Gasteiger partial charge in [-0.3, -0.25) is 4.79 Å². The maximum absolute atomic E-state index is 12.7. The highest BCUT2D eigenvalue weighted by atomic mass is 32.2. The number of methoxy groups -OCH3 is 1. The minimum Gasteiger partial charge on any atom is -0.493 e. The topological polar surface area (TPSA) is 104 Å². The summed E-state index contributed by atoms with van der Waals surface area (Å²) in [5, 5.41) is 6.74. The minimum absolute atomic E-state index is 0.0354. The van der Waals surface area contributed by atoms with Crippen LogP contribution in [0, 0.1) is 0 Å². The van der Waals surface area contributed by atoms with Crippen LogP contribution in [0.1, 0.15) is 12.8 Å². The average Bonchev–Trinajstić information content (AvgIpc) is 3.13. The standard InChI is InChI=1S/C17H22N4O5S/c1-20-12-18-19-17(20)27(23,24)13-7-9-21(10-8-13)16(22)11-26-15-6-4-3-5-14(15)25-2/h3-6,12-13H,7-11H2,1-2H3. The molecule has 1 fully saturated rings. The number of aryl methyl sites for hydroxylation is 1. The van der Waals surface area contributed by atoms with Gasteiger partial charge in [0.1, 0.15) is 6.33 Å². The number of rotatable bonds is 6. The summed E-state index contributed by atoms with van der Waals surface area (Å²) in [6.07, 6.45) is 2.08. The maximum atomic E-state index is 12.7. The molecule has 3 rings (SSSR count). The van der Waals surface area contributed by atoms with Crippen molar-refractivity contribution in [2.75, 3.05) is 26.8 Å². The summed E-state index contributed by atoms with van der Waals surface area (Å²) in [5.41, 5.74) is 0. The fraction of sp³-hybridized carbons (Fsp3) is 0.471. The van der Waals surface area contributed by atoms with Gasteiger partial charge < -0.3 is 18.9 Å². The number of amides is 1. The molecule has 0 bridgehead atoms. The quantitative estimate of drug-likeness (QED) is 0.709. The van der Waals surface area contributed by atoms with Gasteiger partial charge in [-0.1, -0.05) is 12.1 Å². The Balaban J connectivity index is 1.56. The fourth-order valence-corrected chi connectivity index (χ4v) is 4.80. The van der Waals surface area contributed by atoms with E-state index in [9.17, 15) is 13.2 Å². The van der Waals surface area contributed by atoms with Gasteiger partial charge in [-0.25, -0.2) is 8.42 Å². The molecule has 0 unspecified atom stereocenters. The second-order valence-corrected chi connectivity index (χ2v) is 8.41. The van der Waals surface area contributed by atoms with E-state index in [4.69, 9.17) is 9.47 Å². The van der Waals surface area contributed by atoms with E-state index in [1.165, 1.54) is 18.0 Å². The summed E-state index contributed by atoms with van der Waals surface area (Å²) < 4.78 is 37.5. The molecule has 9 nitrogen and oxygen atoms in total. The Morgan fingerprint density at radius 2 is 1.89 bits per heavy atom. The highest BCUT2D eigenvalue weighted by Gasteiger charge is 2.35. The molecule has 1 amide bonds. The molecule has 0 spiro atoms. The van der Waals surface area contributed by atoms with Crippen molar-refractivity contribution >= 4 is 15.7 Å². The maximum Gasteiger partial charge on any atom is 0.260 e. The first-order valence-electron chi connectivity index (χ1n) is 8.55. The summed E-state index contributed by atoms with van der Waals surface area (Å²) in [6, 6.07) is 7.09. The molecular weight excluding hydrogens is 372 g/mol. The highest BCUT2D eigenvalue weighted by molar-refractivity contribution is 7.91. The summed E-state index contributed by atoms with van der Waals surface area (Å²) >= 11 is 0. The lowest BCUT2D eigenvalue weighted by molar-refractivity contribution is -0.134. The Labute approximate surface area is 157 Å². The Morgan fingerprint density at radius 3 is 2.48 bits per heavy atom. The third-order valence-electron chi connectivity index (χ3n) is 4.58. The van der Waals surface area contributed by atoms with Crippen LogP contribution in [0.15, 0.2) is 35.7 Å². The number of nitrogens with zero attached hydrogens (tertiary/aromatic N) is 4. The van der Waals surface area contributed by atoms with E-state index in [-0.39, 0.29) is 17.7 Å². The van der Waals surface area contributed by atoms with Crippen LogP contribution in [0.5, 0.6) is 11.5 Å². The monoisotopic (exact) mass is 394 g/mol. The first-order valence-corrected chi connectivity index (χ1v) is 10.1. The lowest BCUT2D eigenvalue weighted by Crippen LogP contribution is -2.44. The molecule has 27 heavy (non-hydrogen) atoms. The van der Waals surface area contributed by atoms with Gasteiger partial charge in [0.15, 0.2) is 18.1 Å². The number of carbonyl (C=O) groups is 1. The molecular formula is C17H22N4O5S. The molecule has 1 aromatic carbocycles. The summed E-state index contributed by atoms with van der Waals surface area (Å²) in [4.78, 5) is 14.0. The van der Waals surface area contributed by atoms with Crippen molar-refractivity contribution in [2.45, 2.75) is 23.2 Å². The van der Waals surface area contributed by atoms with Gasteiger partial charge in [0, 0.05) is 20.1 Å². The van der Waals surface area contributed by atoms with E-state index in [1.807, 2.05) is 6.07 Å². The third kappa shape index (κ3) is 4.05. The number of hydrogen-bond donors (Lipinski definition) is 0. The number of sulfone groups is 1. The van der Waals surface area contributed by atoms with Crippen molar-refractivity contribution in [2.24, 2.45) is 7.05 Å². The smallest absolute Gasteiger partial charge is 0.260 e. The van der Waals surface area contributed by atoms with Crippen LogP contribution in [0.25, 0.3) is 0 Å². The van der Waals surface area contributed by atoms with Crippen molar-refractivity contribution in [1.29, 1.82) is 0 Å². The Kier molecular flexibility index (Phi) is 5.64. The molecule has 10 heteroatoms. The van der Waals surface area contributed by atoms with Gasteiger partial charge in [-0.15, -0.1) is 10.2 Å². The first kappa shape index (κ1) is 19.2. The van der Waals surface area contributed by atoms with Crippen LogP contribution in [0.4, 0.5) is 0 Å². The molecule has 0 saturated carbocycles. The van der Waals surface area contributed by atoms with Gasteiger partial charge in [-0.2, -0.15) is 0 Å². The van der Waals surface area contributed by atoms with Crippen molar-refractivity contribution in [1.82, 2.24) is 19.7 Å². The largest absolute Gasteiger partial charge is 0.493 e. The number of hydrogen-bond acceptors (Lipinski definition) is 7. The zero-order chi connectivity index (χ0) is 19.4. The van der Waals surface area contributed by atoms with E-state index < -0.39 is 15.1 Å². The van der Waals surface area contributed by atoms with E-state index >= 15 is 0 Å². The minimum atomic E-state index is -3.56. The number of benzene rings is 1. The Morgan fingerprint density at radius 1 is 1.22 bits per heavy atom. The third-order valence-corrected chi connectivity index (χ3v) is 6.81. The summed E-state index contributed by atoms with van der Waals surface area (Å²) in [5.74, 6) is 0.863. The number of aromatic nitrogens is 3. The normalized spacial score (nSPS) is 15.6. The number of para-hydroxylation sites is 2. The van der Waals surface area contributed by atoms with Crippen molar-refractivity contribution in [3.8, 4) is 11.5 Å². The lowest BCUT2D eigenvalue weighted by Gasteiger charge is -2.31. The zero-order valence-electron chi connectivity index (χ0n) is 15.2. The van der Waals surface area contributed by atoms with Crippen LogP contribution in [-0.2, 0) is 21.7 Å². The summed E-state index contributed by atoms with van der Waals surface area (Å²) in [6.45, 7) is 0.590. The molecule has 146 valence electrons. The van der Waals surface area contributed by atoms with Crippen LogP contribution in [0.2, 0.25) is 0 Å². The SMILES string of the molecule is COc1ccccc1OCC(=O)N1CCC(S(=O)(=O)c2nncn2C)CC1. The molecule has 1 aliphatic rings. The van der Waals surface area contributed by atoms with E-state index in [0.29, 0.717) is 37.4 Å². The molecule has 1 aromatic heterocycles. The first-order chi connectivity index (χ1) is 12.9. The molecule has 2 aromatic rings. The van der Waals surface area contributed by atoms with Crippen molar-refractivity contribution in [3.05, 3.63) is 30.6 Å². The van der Waals surface area contributed by atoms with Gasteiger partial charge in [0.25, 0.3) is 5.91 Å². The van der Waals surface area contributed by atoms with Crippen LogP contribution >= 0.6 is 0 Å². The second-order valence-electron chi connectivity index (χ2n) is 6.29. The lowest BCUT2D eigenvalue weighted by atomic mass is 10.1. The number of ether oxygens (including phenoxy) is 2. The molecule has 0 aliphatic carbocycles. The van der Waals surface area contributed by atoms with Crippen LogP contribution < -0.4 is 9.47 Å². The molecule has 1 saturated heterocycles. The van der Waals surface area contributed by atoms with Crippen LogP contribution in [-0.4, -0.2) is 66.0 Å².